The fraction of sp³-hybridized carbons (Fsp3) is 0.667. The molecule has 0 atom stereocenters. The summed E-state index contributed by atoms with van der Waals surface area (Å²) in [5, 5.41) is 0. The lowest BCUT2D eigenvalue weighted by Crippen LogP contribution is -2.28. The number of nitrogens with two attached hydrogens (primary N) is 1. The monoisotopic (exact) mass is 264 g/mol. The Morgan fingerprint density at radius 3 is 2.16 bits per heavy atom. The van der Waals surface area contributed by atoms with Gasteiger partial charge in [0.1, 0.15) is 11.6 Å². The fourth-order valence-corrected chi connectivity index (χ4v) is 1.85. The topological polar surface area (TPSA) is 54.2 Å². The van der Waals surface area contributed by atoms with Crippen molar-refractivity contribution >= 4 is 11.6 Å². The van der Waals surface area contributed by atoms with E-state index >= 15 is 0 Å². The predicted molar refractivity (Wildman–Crippen MR) is 83.2 cm³/mol. The largest absolute Gasteiger partial charge is 0.357 e. The third-order valence-corrected chi connectivity index (χ3v) is 3.16. The van der Waals surface area contributed by atoms with Crippen molar-refractivity contribution in [2.24, 2.45) is 17.7 Å². The van der Waals surface area contributed by atoms with Gasteiger partial charge in [-0.25, -0.2) is 10.8 Å². The van der Waals surface area contributed by atoms with Crippen molar-refractivity contribution in [3.8, 4) is 0 Å². The van der Waals surface area contributed by atoms with Crippen molar-refractivity contribution in [1.82, 2.24) is 4.98 Å². The van der Waals surface area contributed by atoms with Gasteiger partial charge in [-0.2, -0.15) is 0 Å². The van der Waals surface area contributed by atoms with Gasteiger partial charge in [-0.1, -0.05) is 33.8 Å². The van der Waals surface area contributed by atoms with Crippen LogP contribution in [0.5, 0.6) is 0 Å². The summed E-state index contributed by atoms with van der Waals surface area (Å²) >= 11 is 0. The quantitative estimate of drug-likeness (QED) is 0.559. The van der Waals surface area contributed by atoms with Gasteiger partial charge in [0.15, 0.2) is 0 Å². The molecule has 0 aliphatic heterocycles. The van der Waals surface area contributed by atoms with Crippen molar-refractivity contribution in [2.75, 3.05) is 23.4 Å². The van der Waals surface area contributed by atoms with Crippen LogP contribution in [0.1, 0.15) is 40.5 Å². The molecule has 1 aromatic heterocycles. The highest BCUT2D eigenvalue weighted by Crippen LogP contribution is 2.17. The highest BCUT2D eigenvalue weighted by Gasteiger charge is 2.10. The van der Waals surface area contributed by atoms with Crippen LogP contribution >= 0.6 is 0 Å². The normalized spacial score (nSPS) is 11.1. The molecule has 0 aromatic carbocycles. The number of anilines is 2. The van der Waals surface area contributed by atoms with Gasteiger partial charge in [-0.3, -0.25) is 0 Å². The molecular formula is C15H28N4. The highest BCUT2D eigenvalue weighted by atomic mass is 15.3. The molecule has 0 fully saturated rings. The van der Waals surface area contributed by atoms with Crippen LogP contribution in [0.3, 0.4) is 0 Å². The van der Waals surface area contributed by atoms with Crippen LogP contribution in [0.25, 0.3) is 0 Å². The second kappa shape index (κ2) is 8.00. The van der Waals surface area contributed by atoms with Gasteiger partial charge in [-0.15, -0.1) is 0 Å². The Morgan fingerprint density at radius 2 is 1.68 bits per heavy atom. The summed E-state index contributed by atoms with van der Waals surface area (Å²) < 4.78 is 0. The Hall–Kier alpha value is -1.29. The van der Waals surface area contributed by atoms with E-state index in [1.54, 1.807) is 0 Å². The van der Waals surface area contributed by atoms with Crippen molar-refractivity contribution in [1.29, 1.82) is 0 Å². The van der Waals surface area contributed by atoms with Crippen molar-refractivity contribution in [3.63, 3.8) is 0 Å². The van der Waals surface area contributed by atoms with Gasteiger partial charge >= 0.3 is 0 Å². The molecule has 1 aromatic rings. The van der Waals surface area contributed by atoms with Crippen LogP contribution in [0.15, 0.2) is 18.2 Å². The van der Waals surface area contributed by atoms with Crippen molar-refractivity contribution < 1.29 is 0 Å². The predicted octanol–water partition coefficient (Wildman–Crippen LogP) is 3.27. The summed E-state index contributed by atoms with van der Waals surface area (Å²) in [5.74, 6) is 8.57. The number of pyridine rings is 1. The van der Waals surface area contributed by atoms with Gasteiger partial charge in [-0.05, 0) is 36.8 Å². The van der Waals surface area contributed by atoms with Crippen LogP contribution < -0.4 is 16.2 Å². The standard InChI is InChI=1S/C15H28N4/c1-12(2)8-10-19(11-9-13(3)4)15-7-5-6-14(17-15)18-16/h5-7,12-13H,8-11,16H2,1-4H3,(H,17,18). The second-order valence-corrected chi connectivity index (χ2v) is 5.88. The Labute approximate surface area is 117 Å². The summed E-state index contributed by atoms with van der Waals surface area (Å²) in [5.41, 5.74) is 2.61. The summed E-state index contributed by atoms with van der Waals surface area (Å²) in [7, 11) is 0. The lowest BCUT2D eigenvalue weighted by Gasteiger charge is -2.25. The molecule has 108 valence electrons. The molecule has 0 radical (unpaired) electrons. The number of aromatic nitrogens is 1. The number of hydrogen-bond donors (Lipinski definition) is 2. The zero-order valence-corrected chi connectivity index (χ0v) is 12.7. The van der Waals surface area contributed by atoms with Gasteiger partial charge < -0.3 is 10.3 Å². The zero-order valence-electron chi connectivity index (χ0n) is 12.7. The van der Waals surface area contributed by atoms with Crippen LogP contribution in [0.4, 0.5) is 11.6 Å². The number of hydrogen-bond acceptors (Lipinski definition) is 4. The van der Waals surface area contributed by atoms with E-state index in [1.807, 2.05) is 12.1 Å². The van der Waals surface area contributed by atoms with E-state index in [9.17, 15) is 0 Å². The van der Waals surface area contributed by atoms with Crippen LogP contribution in [0.2, 0.25) is 0 Å². The smallest absolute Gasteiger partial charge is 0.142 e. The average molecular weight is 264 g/mol. The molecule has 0 saturated heterocycles. The fourth-order valence-electron chi connectivity index (χ4n) is 1.85. The minimum absolute atomic E-state index is 0.706. The number of nitrogen functional groups attached to an aromatic ring is 1. The Balaban J connectivity index is 2.74. The van der Waals surface area contributed by atoms with Gasteiger partial charge in [0.2, 0.25) is 0 Å². The van der Waals surface area contributed by atoms with Crippen molar-refractivity contribution in [2.45, 2.75) is 40.5 Å². The molecule has 1 heterocycles. The maximum absolute atomic E-state index is 5.43. The van der Waals surface area contributed by atoms with Gasteiger partial charge in [0.25, 0.3) is 0 Å². The molecule has 1 rings (SSSR count). The zero-order chi connectivity index (χ0) is 14.3. The summed E-state index contributed by atoms with van der Waals surface area (Å²) in [6.07, 6.45) is 2.36. The van der Waals surface area contributed by atoms with E-state index in [0.717, 1.165) is 24.7 Å². The number of rotatable bonds is 8. The maximum Gasteiger partial charge on any atom is 0.142 e. The molecule has 0 spiro atoms. The lowest BCUT2D eigenvalue weighted by molar-refractivity contribution is 0.533. The minimum atomic E-state index is 0.706. The van der Waals surface area contributed by atoms with Gasteiger partial charge in [0.05, 0.1) is 0 Å². The Kier molecular flexibility index (Phi) is 6.64. The van der Waals surface area contributed by atoms with E-state index in [4.69, 9.17) is 5.84 Å². The highest BCUT2D eigenvalue weighted by molar-refractivity contribution is 5.46. The van der Waals surface area contributed by atoms with Gasteiger partial charge in [0, 0.05) is 13.1 Å². The molecule has 0 bridgehead atoms. The Bertz CT molecular complexity index is 351. The molecule has 0 amide bonds. The lowest BCUT2D eigenvalue weighted by atomic mass is 10.1. The maximum atomic E-state index is 5.43. The molecule has 0 saturated carbocycles. The molecule has 19 heavy (non-hydrogen) atoms. The first kappa shape index (κ1) is 15.8. The minimum Gasteiger partial charge on any atom is -0.357 e. The van der Waals surface area contributed by atoms with Crippen LogP contribution in [-0.4, -0.2) is 18.1 Å². The molecule has 3 N–H and O–H groups in total. The SMILES string of the molecule is CC(C)CCN(CCC(C)C)c1cccc(NN)n1. The first-order chi connectivity index (χ1) is 9.02. The van der Waals surface area contributed by atoms with E-state index in [2.05, 4.69) is 49.1 Å². The molecular weight excluding hydrogens is 236 g/mol. The first-order valence-corrected chi connectivity index (χ1v) is 7.21. The van der Waals surface area contributed by atoms with E-state index < -0.39 is 0 Å². The van der Waals surface area contributed by atoms with Crippen LogP contribution in [0, 0.1) is 11.8 Å². The molecule has 4 heteroatoms. The Morgan fingerprint density at radius 1 is 1.11 bits per heavy atom. The number of nitrogens with zero attached hydrogens (tertiary/aromatic N) is 2. The average Bonchev–Trinajstić information content (AvgIpc) is 2.38. The third kappa shape index (κ3) is 5.92. The summed E-state index contributed by atoms with van der Waals surface area (Å²) in [4.78, 5) is 6.90. The third-order valence-electron chi connectivity index (χ3n) is 3.16. The van der Waals surface area contributed by atoms with Crippen LogP contribution in [-0.2, 0) is 0 Å². The first-order valence-electron chi connectivity index (χ1n) is 7.21. The molecule has 0 aliphatic rings. The van der Waals surface area contributed by atoms with E-state index in [-0.39, 0.29) is 0 Å². The van der Waals surface area contributed by atoms with Crippen molar-refractivity contribution in [3.05, 3.63) is 18.2 Å². The van der Waals surface area contributed by atoms with E-state index in [1.165, 1.54) is 12.8 Å². The van der Waals surface area contributed by atoms with E-state index in [0.29, 0.717) is 11.8 Å². The second-order valence-electron chi connectivity index (χ2n) is 5.88. The number of hydrazine groups is 1. The number of nitrogens with one attached hydrogen (secondary N) is 1. The molecule has 0 unspecified atom stereocenters. The molecule has 4 nitrogen and oxygen atoms in total. The summed E-state index contributed by atoms with van der Waals surface area (Å²) in [6, 6.07) is 5.93. The molecule has 0 aliphatic carbocycles. The summed E-state index contributed by atoms with van der Waals surface area (Å²) in [6.45, 7) is 11.1.